The van der Waals surface area contributed by atoms with E-state index >= 15 is 0 Å². The molecule has 4 aromatic rings. The molecule has 0 aliphatic heterocycles. The third kappa shape index (κ3) is 6.27. The van der Waals surface area contributed by atoms with Gasteiger partial charge in [-0.2, -0.15) is 5.10 Å². The lowest BCUT2D eigenvalue weighted by molar-refractivity contribution is 0.0521. The zero-order chi connectivity index (χ0) is 29.2. The van der Waals surface area contributed by atoms with Gasteiger partial charge in [0, 0.05) is 18.5 Å². The second-order valence-corrected chi connectivity index (χ2v) is 11.4. The number of unbranched alkanes of at least 4 members (excludes halogenated alkanes) is 1. The van der Waals surface area contributed by atoms with Crippen molar-refractivity contribution in [2.24, 2.45) is 0 Å². The van der Waals surface area contributed by atoms with Crippen molar-refractivity contribution >= 4 is 39.9 Å². The summed E-state index contributed by atoms with van der Waals surface area (Å²) in [5.41, 5.74) is 7.06. The highest BCUT2D eigenvalue weighted by molar-refractivity contribution is 6.04. The molecule has 0 aliphatic rings. The Morgan fingerprint density at radius 3 is 2.42 bits per heavy atom. The predicted molar refractivity (Wildman–Crippen MR) is 152 cm³/mol. The number of rotatable bonds is 7. The number of benzene rings is 1. The van der Waals surface area contributed by atoms with E-state index in [9.17, 15) is 9.59 Å². The molecule has 0 aliphatic carbocycles. The largest absolute Gasteiger partial charge is 0.495 e. The summed E-state index contributed by atoms with van der Waals surface area (Å²) in [6, 6.07) is 7.38. The molecular formula is C28H37N7O5. The number of aromatic nitrogens is 5. The van der Waals surface area contributed by atoms with Gasteiger partial charge in [0.15, 0.2) is 5.65 Å². The van der Waals surface area contributed by atoms with Crippen molar-refractivity contribution in [3.8, 4) is 17.1 Å². The third-order valence-corrected chi connectivity index (χ3v) is 5.85. The van der Waals surface area contributed by atoms with Crippen LogP contribution in [-0.2, 0) is 16.0 Å². The van der Waals surface area contributed by atoms with Gasteiger partial charge in [0.2, 0.25) is 0 Å². The summed E-state index contributed by atoms with van der Waals surface area (Å²) >= 11 is 0. The van der Waals surface area contributed by atoms with Crippen LogP contribution in [0.1, 0.15) is 54.4 Å². The SMILES string of the molecule is COc1cccc2cc(-c3nn(CCCCNC(=O)OC(C)(C)C)c4ncnc(N)c34)n(C(=O)OC(C)(C)C)c12. The van der Waals surface area contributed by atoms with Gasteiger partial charge in [-0.05, 0) is 66.5 Å². The van der Waals surface area contributed by atoms with Crippen LogP contribution in [0.2, 0.25) is 0 Å². The van der Waals surface area contributed by atoms with Crippen LogP contribution < -0.4 is 15.8 Å². The molecule has 1 aromatic carbocycles. The number of alkyl carbamates (subject to hydrolysis) is 1. The van der Waals surface area contributed by atoms with Gasteiger partial charge in [0.1, 0.15) is 40.3 Å². The van der Waals surface area contributed by atoms with Crippen molar-refractivity contribution < 1.29 is 23.8 Å². The van der Waals surface area contributed by atoms with Gasteiger partial charge in [-0.25, -0.2) is 28.8 Å². The van der Waals surface area contributed by atoms with E-state index in [1.165, 1.54) is 10.9 Å². The molecule has 0 atom stereocenters. The number of nitrogens with one attached hydrogen (secondary N) is 1. The Kier molecular flexibility index (Phi) is 7.90. The second-order valence-electron chi connectivity index (χ2n) is 11.4. The second kappa shape index (κ2) is 11.0. The molecule has 40 heavy (non-hydrogen) atoms. The zero-order valence-corrected chi connectivity index (χ0v) is 24.1. The van der Waals surface area contributed by atoms with Crippen molar-refractivity contribution in [2.45, 2.75) is 72.1 Å². The molecule has 0 radical (unpaired) electrons. The first-order chi connectivity index (χ1) is 18.8. The van der Waals surface area contributed by atoms with Gasteiger partial charge < -0.3 is 25.3 Å². The number of nitrogens with zero attached hydrogens (tertiary/aromatic N) is 5. The van der Waals surface area contributed by atoms with Crippen LogP contribution in [0.15, 0.2) is 30.6 Å². The zero-order valence-electron chi connectivity index (χ0n) is 24.1. The minimum Gasteiger partial charge on any atom is -0.495 e. The van der Waals surface area contributed by atoms with Gasteiger partial charge in [-0.3, -0.25) is 0 Å². The Balaban J connectivity index is 1.71. The number of para-hydroxylation sites is 1. The van der Waals surface area contributed by atoms with Crippen molar-refractivity contribution in [2.75, 3.05) is 19.4 Å². The third-order valence-electron chi connectivity index (χ3n) is 5.85. The molecule has 0 bridgehead atoms. The summed E-state index contributed by atoms with van der Waals surface area (Å²) in [6.07, 6.45) is 1.74. The normalized spacial score (nSPS) is 12.1. The number of methoxy groups -OCH3 is 1. The Morgan fingerprint density at radius 2 is 1.75 bits per heavy atom. The summed E-state index contributed by atoms with van der Waals surface area (Å²) in [5.74, 6) is 0.755. The van der Waals surface area contributed by atoms with Gasteiger partial charge >= 0.3 is 12.2 Å². The molecule has 3 aromatic heterocycles. The first-order valence-electron chi connectivity index (χ1n) is 13.1. The fourth-order valence-electron chi connectivity index (χ4n) is 4.32. The van der Waals surface area contributed by atoms with Gasteiger partial charge in [0.05, 0.1) is 18.2 Å². The monoisotopic (exact) mass is 551 g/mol. The summed E-state index contributed by atoms with van der Waals surface area (Å²) in [4.78, 5) is 34.1. The van der Waals surface area contributed by atoms with Crippen LogP contribution in [0.4, 0.5) is 15.4 Å². The van der Waals surface area contributed by atoms with Crippen molar-refractivity contribution in [3.63, 3.8) is 0 Å². The number of fused-ring (bicyclic) bond motifs is 2. The van der Waals surface area contributed by atoms with E-state index < -0.39 is 23.4 Å². The number of ether oxygens (including phenoxy) is 3. The maximum absolute atomic E-state index is 13.6. The number of anilines is 1. The molecule has 12 nitrogen and oxygen atoms in total. The maximum atomic E-state index is 13.6. The molecule has 1 amide bonds. The highest BCUT2D eigenvalue weighted by atomic mass is 16.6. The summed E-state index contributed by atoms with van der Waals surface area (Å²) < 4.78 is 19.8. The molecule has 3 N–H and O–H groups in total. The molecule has 0 spiro atoms. The number of aryl methyl sites for hydroxylation is 1. The number of carbonyl (C=O) groups is 2. The lowest BCUT2D eigenvalue weighted by Crippen LogP contribution is -2.33. The number of nitrogen functional groups attached to an aromatic ring is 1. The molecule has 0 saturated heterocycles. The van der Waals surface area contributed by atoms with E-state index in [1.54, 1.807) is 38.6 Å². The highest BCUT2D eigenvalue weighted by Crippen LogP contribution is 2.37. The molecule has 0 fully saturated rings. The fourth-order valence-corrected chi connectivity index (χ4v) is 4.32. The van der Waals surface area contributed by atoms with Crippen LogP contribution in [0.25, 0.3) is 33.3 Å². The van der Waals surface area contributed by atoms with Crippen LogP contribution in [0, 0.1) is 0 Å². The number of nitrogens with two attached hydrogens (primary N) is 1. The number of hydrogen-bond acceptors (Lipinski definition) is 9. The van der Waals surface area contributed by atoms with Crippen LogP contribution in [-0.4, -0.2) is 61.4 Å². The topological polar surface area (TPSA) is 148 Å². The van der Waals surface area contributed by atoms with E-state index in [2.05, 4.69) is 15.3 Å². The number of amides is 1. The van der Waals surface area contributed by atoms with E-state index in [4.69, 9.17) is 25.0 Å². The fraction of sp³-hybridized carbons (Fsp3) is 0.464. The average Bonchev–Trinajstić information content (AvgIpc) is 3.41. The smallest absolute Gasteiger partial charge is 0.419 e. The number of hydrogen-bond donors (Lipinski definition) is 2. The Hall–Kier alpha value is -4.35. The van der Waals surface area contributed by atoms with Crippen LogP contribution >= 0.6 is 0 Å². The quantitative estimate of drug-likeness (QED) is 0.298. The minimum absolute atomic E-state index is 0.241. The standard InChI is InChI=1S/C28H37N7O5/c1-27(2,3)39-25(36)30-13-8-9-14-34-24-20(23(29)31-16-32-24)21(33-34)18-15-17-11-10-12-19(38-7)22(17)35(18)26(37)40-28(4,5)6/h10-12,15-16H,8-9,13-14H2,1-7H3,(H,30,36)(H2,29,31,32). The lowest BCUT2D eigenvalue weighted by Gasteiger charge is -2.21. The Labute approximate surface area is 232 Å². The van der Waals surface area contributed by atoms with Gasteiger partial charge in [-0.15, -0.1) is 0 Å². The lowest BCUT2D eigenvalue weighted by atomic mass is 10.2. The molecule has 12 heteroatoms. The first-order valence-corrected chi connectivity index (χ1v) is 13.1. The average molecular weight is 552 g/mol. The van der Waals surface area contributed by atoms with E-state index in [-0.39, 0.29) is 5.82 Å². The van der Waals surface area contributed by atoms with Gasteiger partial charge in [-0.1, -0.05) is 12.1 Å². The summed E-state index contributed by atoms with van der Waals surface area (Å²) in [7, 11) is 1.55. The summed E-state index contributed by atoms with van der Waals surface area (Å²) in [6.45, 7) is 11.8. The molecular weight excluding hydrogens is 514 g/mol. The van der Waals surface area contributed by atoms with Crippen LogP contribution in [0.3, 0.4) is 0 Å². The molecule has 0 unspecified atom stereocenters. The Morgan fingerprint density at radius 1 is 1.02 bits per heavy atom. The van der Waals surface area contributed by atoms with Crippen molar-refractivity contribution in [1.82, 2.24) is 29.6 Å². The van der Waals surface area contributed by atoms with Crippen LogP contribution in [0.5, 0.6) is 5.75 Å². The van der Waals surface area contributed by atoms with E-state index in [1.807, 2.05) is 39.0 Å². The number of carbonyl (C=O) groups excluding carboxylic acids is 2. The molecule has 4 rings (SSSR count). The van der Waals surface area contributed by atoms with E-state index in [0.717, 1.165) is 5.39 Å². The van der Waals surface area contributed by atoms with Crippen molar-refractivity contribution in [1.29, 1.82) is 0 Å². The first kappa shape index (κ1) is 28.7. The maximum Gasteiger partial charge on any atom is 0.419 e. The highest BCUT2D eigenvalue weighted by Gasteiger charge is 2.28. The van der Waals surface area contributed by atoms with Gasteiger partial charge in [0.25, 0.3) is 0 Å². The molecule has 0 saturated carbocycles. The molecule has 3 heterocycles. The predicted octanol–water partition coefficient (Wildman–Crippen LogP) is 5.13. The van der Waals surface area contributed by atoms with Crippen molar-refractivity contribution in [3.05, 3.63) is 30.6 Å². The molecule has 214 valence electrons. The Bertz CT molecular complexity index is 1540. The summed E-state index contributed by atoms with van der Waals surface area (Å²) in [5, 5.41) is 8.91. The minimum atomic E-state index is -0.732. The van der Waals surface area contributed by atoms with E-state index in [0.29, 0.717) is 59.6 Å².